The van der Waals surface area contributed by atoms with Gasteiger partial charge in [-0.15, -0.1) is 5.10 Å². The van der Waals surface area contributed by atoms with E-state index in [4.69, 9.17) is 4.74 Å². The average molecular weight is 348 g/mol. The number of halogens is 1. The second-order valence-corrected chi connectivity index (χ2v) is 5.21. The van der Waals surface area contributed by atoms with Crippen LogP contribution in [0.15, 0.2) is 40.9 Å². The van der Waals surface area contributed by atoms with Crippen molar-refractivity contribution in [3.63, 3.8) is 0 Å². The molecule has 0 atom stereocenters. The van der Waals surface area contributed by atoms with Crippen LogP contribution in [0.4, 0.5) is 0 Å². The molecule has 0 aliphatic heterocycles. The van der Waals surface area contributed by atoms with E-state index in [1.165, 1.54) is 10.7 Å². The Morgan fingerprint density at radius 2 is 2.14 bits per heavy atom. The molecule has 0 spiro atoms. The summed E-state index contributed by atoms with van der Waals surface area (Å²) in [6.45, 7) is 0. The van der Waals surface area contributed by atoms with Gasteiger partial charge in [0.1, 0.15) is 22.5 Å². The molecule has 0 bridgehead atoms. The summed E-state index contributed by atoms with van der Waals surface area (Å²) in [4.78, 5) is 11.4. The smallest absolute Gasteiger partial charge is 0.337 e. The van der Waals surface area contributed by atoms with E-state index in [0.717, 1.165) is 4.47 Å². The Bertz CT molecular complexity index is 845. The monoisotopic (exact) mass is 347 g/mol. The number of aromatic nitrogens is 3. The van der Waals surface area contributed by atoms with E-state index in [1.807, 2.05) is 6.07 Å². The van der Waals surface area contributed by atoms with Gasteiger partial charge >= 0.3 is 5.97 Å². The van der Waals surface area contributed by atoms with Crippen LogP contribution in [0.3, 0.4) is 0 Å². The second kappa shape index (κ2) is 5.17. The van der Waals surface area contributed by atoms with Crippen LogP contribution in [0.1, 0.15) is 10.4 Å². The number of ether oxygens (including phenoxy) is 1. The van der Waals surface area contributed by atoms with E-state index < -0.39 is 5.97 Å². The van der Waals surface area contributed by atoms with Crippen LogP contribution in [-0.4, -0.2) is 33.2 Å². The number of carboxylic acid groups (broad SMARTS) is 1. The van der Waals surface area contributed by atoms with Gasteiger partial charge in [0.05, 0.1) is 12.7 Å². The van der Waals surface area contributed by atoms with Crippen molar-refractivity contribution in [3.05, 3.63) is 46.4 Å². The van der Waals surface area contributed by atoms with Gasteiger partial charge in [-0.1, -0.05) is 27.2 Å². The second-order valence-electron chi connectivity index (χ2n) is 4.30. The van der Waals surface area contributed by atoms with E-state index in [0.29, 0.717) is 22.5 Å². The highest BCUT2D eigenvalue weighted by Gasteiger charge is 2.18. The number of methoxy groups -OCH3 is 1. The molecule has 1 aromatic heterocycles. The highest BCUT2D eigenvalue weighted by Crippen LogP contribution is 2.29. The minimum Gasteiger partial charge on any atom is -0.494 e. The zero-order chi connectivity index (χ0) is 15.0. The van der Waals surface area contributed by atoms with Crippen LogP contribution < -0.4 is 4.74 Å². The molecule has 0 saturated carbocycles. The predicted molar refractivity (Wildman–Crippen MR) is 80.1 cm³/mol. The van der Waals surface area contributed by atoms with Crippen LogP contribution in [0.5, 0.6) is 5.75 Å². The Balaban J connectivity index is 2.36. The molecule has 2 aromatic carbocycles. The Hall–Kier alpha value is -2.41. The molecule has 106 valence electrons. The number of fused-ring (bicyclic) bond motifs is 1. The molecule has 7 heteroatoms. The third-order valence-corrected chi connectivity index (χ3v) is 3.56. The highest BCUT2D eigenvalue weighted by molar-refractivity contribution is 9.10. The molecule has 0 unspecified atom stereocenters. The van der Waals surface area contributed by atoms with Crippen molar-refractivity contribution in [2.75, 3.05) is 7.11 Å². The first-order valence-electron chi connectivity index (χ1n) is 6.03. The molecule has 0 aliphatic carbocycles. The maximum Gasteiger partial charge on any atom is 0.337 e. The fourth-order valence-electron chi connectivity index (χ4n) is 2.14. The summed E-state index contributed by atoms with van der Waals surface area (Å²) in [5, 5.41) is 17.4. The van der Waals surface area contributed by atoms with Crippen molar-refractivity contribution in [3.8, 4) is 11.4 Å². The van der Waals surface area contributed by atoms with E-state index >= 15 is 0 Å². The molecular formula is C14H10BrN3O3. The Kier molecular flexibility index (Phi) is 3.34. The van der Waals surface area contributed by atoms with Crippen LogP contribution in [0.2, 0.25) is 0 Å². The highest BCUT2D eigenvalue weighted by atomic mass is 79.9. The molecule has 21 heavy (non-hydrogen) atoms. The maximum atomic E-state index is 11.4. The first kappa shape index (κ1) is 13.6. The van der Waals surface area contributed by atoms with E-state index in [1.54, 1.807) is 31.4 Å². The molecule has 0 amide bonds. The van der Waals surface area contributed by atoms with Gasteiger partial charge < -0.3 is 9.84 Å². The lowest BCUT2D eigenvalue weighted by Gasteiger charge is -2.10. The van der Waals surface area contributed by atoms with Crippen molar-refractivity contribution in [1.29, 1.82) is 0 Å². The summed E-state index contributed by atoms with van der Waals surface area (Å²) in [5.41, 5.74) is 1.70. The molecule has 0 saturated heterocycles. The molecule has 3 rings (SSSR count). The summed E-state index contributed by atoms with van der Waals surface area (Å²) in [6.07, 6.45) is 0. The van der Waals surface area contributed by atoms with E-state index in [2.05, 4.69) is 26.2 Å². The zero-order valence-corrected chi connectivity index (χ0v) is 12.5. The van der Waals surface area contributed by atoms with Gasteiger partial charge in [-0.05, 0) is 30.3 Å². The van der Waals surface area contributed by atoms with Gasteiger partial charge in [0, 0.05) is 4.47 Å². The molecule has 6 nitrogen and oxygen atoms in total. The average Bonchev–Trinajstić information content (AvgIpc) is 2.90. The molecule has 1 N–H and O–H groups in total. The Labute approximate surface area is 128 Å². The van der Waals surface area contributed by atoms with Crippen LogP contribution in [0.25, 0.3) is 16.7 Å². The summed E-state index contributed by atoms with van der Waals surface area (Å²) >= 11 is 3.39. The fourth-order valence-corrected chi connectivity index (χ4v) is 2.49. The molecule has 1 heterocycles. The van der Waals surface area contributed by atoms with Crippen molar-refractivity contribution >= 4 is 32.9 Å². The Morgan fingerprint density at radius 1 is 1.33 bits per heavy atom. The number of carbonyl (C=O) groups is 1. The third-order valence-electron chi connectivity index (χ3n) is 3.07. The quantitative estimate of drug-likeness (QED) is 0.788. The first-order valence-corrected chi connectivity index (χ1v) is 6.82. The number of carboxylic acids is 1. The molecule has 0 radical (unpaired) electrons. The molecule has 0 fully saturated rings. The maximum absolute atomic E-state index is 11.4. The van der Waals surface area contributed by atoms with Gasteiger partial charge in [0.2, 0.25) is 0 Å². The molecule has 0 aliphatic rings. The number of nitrogens with zero attached hydrogens (tertiary/aromatic N) is 3. The van der Waals surface area contributed by atoms with Crippen LogP contribution in [0, 0.1) is 0 Å². The van der Waals surface area contributed by atoms with Crippen molar-refractivity contribution in [2.24, 2.45) is 0 Å². The van der Waals surface area contributed by atoms with Crippen molar-refractivity contribution < 1.29 is 14.6 Å². The number of para-hydroxylation sites is 1. The minimum atomic E-state index is -1.03. The lowest BCUT2D eigenvalue weighted by atomic mass is 10.1. The topological polar surface area (TPSA) is 77.2 Å². The number of rotatable bonds is 3. The minimum absolute atomic E-state index is 0.138. The van der Waals surface area contributed by atoms with Gasteiger partial charge in [0.15, 0.2) is 0 Å². The van der Waals surface area contributed by atoms with Crippen molar-refractivity contribution in [2.45, 2.75) is 0 Å². The van der Waals surface area contributed by atoms with Gasteiger partial charge in [-0.25, -0.2) is 9.48 Å². The molecular weight excluding hydrogens is 338 g/mol. The summed E-state index contributed by atoms with van der Waals surface area (Å²) < 4.78 is 7.62. The SMILES string of the molecule is COc1ccc(Br)cc1-n1nnc2cccc(C(=O)O)c21. The number of aromatic carboxylic acids is 1. The van der Waals surface area contributed by atoms with Gasteiger partial charge in [-0.2, -0.15) is 0 Å². The molecule has 3 aromatic rings. The lowest BCUT2D eigenvalue weighted by Crippen LogP contribution is -2.05. The first-order chi connectivity index (χ1) is 10.1. The normalized spacial score (nSPS) is 10.8. The predicted octanol–water partition coefficient (Wildman–Crippen LogP) is 2.89. The number of benzene rings is 2. The van der Waals surface area contributed by atoms with Gasteiger partial charge in [-0.3, -0.25) is 0 Å². The number of hydrogen-bond donors (Lipinski definition) is 1. The lowest BCUT2D eigenvalue weighted by molar-refractivity contribution is 0.0698. The standard InChI is InChI=1S/C14H10BrN3O3/c1-21-12-6-5-8(15)7-11(12)18-13-9(14(19)20)3-2-4-10(13)16-17-18/h2-7H,1H3,(H,19,20). The van der Waals surface area contributed by atoms with E-state index in [-0.39, 0.29) is 5.56 Å². The third kappa shape index (κ3) is 2.25. The summed E-state index contributed by atoms with van der Waals surface area (Å²) in [6, 6.07) is 10.3. The largest absolute Gasteiger partial charge is 0.494 e. The van der Waals surface area contributed by atoms with Gasteiger partial charge in [0.25, 0.3) is 0 Å². The van der Waals surface area contributed by atoms with Crippen LogP contribution >= 0.6 is 15.9 Å². The Morgan fingerprint density at radius 3 is 2.86 bits per heavy atom. The summed E-state index contributed by atoms with van der Waals surface area (Å²) in [7, 11) is 1.55. The van der Waals surface area contributed by atoms with Crippen LogP contribution in [-0.2, 0) is 0 Å². The number of hydrogen-bond acceptors (Lipinski definition) is 4. The fraction of sp³-hybridized carbons (Fsp3) is 0.0714. The van der Waals surface area contributed by atoms with E-state index in [9.17, 15) is 9.90 Å². The van der Waals surface area contributed by atoms with Crippen molar-refractivity contribution in [1.82, 2.24) is 15.0 Å². The summed E-state index contributed by atoms with van der Waals surface area (Å²) in [5.74, 6) is -0.455. The zero-order valence-electron chi connectivity index (χ0n) is 10.9.